The summed E-state index contributed by atoms with van der Waals surface area (Å²) in [6.07, 6.45) is 3.03. The molecule has 1 aliphatic rings. The minimum atomic E-state index is -0.166. The van der Waals surface area contributed by atoms with Crippen LogP contribution in [0.4, 0.5) is 0 Å². The average Bonchev–Trinajstić information content (AvgIpc) is 2.94. The molecule has 25 heavy (non-hydrogen) atoms. The first-order chi connectivity index (χ1) is 11.9. The summed E-state index contributed by atoms with van der Waals surface area (Å²) >= 11 is 0. The highest BCUT2D eigenvalue weighted by Crippen LogP contribution is 2.26. The topological polar surface area (TPSA) is 67.7 Å². The first-order valence-corrected chi connectivity index (χ1v) is 8.95. The third-order valence-electron chi connectivity index (χ3n) is 5.07. The SMILES string of the molecule is CCn1cc(CN(C)C(=O)[C@@H]2CCC(=O)N(CCOC)[C@@H]2C)c(C)n1. The zero-order valence-electron chi connectivity index (χ0n) is 16.0. The zero-order valence-corrected chi connectivity index (χ0v) is 16.0. The second-order valence-electron chi connectivity index (χ2n) is 6.76. The van der Waals surface area contributed by atoms with Gasteiger partial charge in [-0.3, -0.25) is 14.3 Å². The van der Waals surface area contributed by atoms with Crippen molar-refractivity contribution in [3.8, 4) is 0 Å². The number of ether oxygens (including phenoxy) is 1. The maximum absolute atomic E-state index is 13.0. The van der Waals surface area contributed by atoms with Crippen LogP contribution in [-0.2, 0) is 27.4 Å². The number of methoxy groups -OCH3 is 1. The third-order valence-corrected chi connectivity index (χ3v) is 5.07. The molecule has 0 spiro atoms. The van der Waals surface area contributed by atoms with Gasteiger partial charge in [0.2, 0.25) is 11.8 Å². The molecule has 140 valence electrons. The van der Waals surface area contributed by atoms with Crippen molar-refractivity contribution in [3.63, 3.8) is 0 Å². The van der Waals surface area contributed by atoms with E-state index in [2.05, 4.69) is 5.10 Å². The van der Waals surface area contributed by atoms with Crippen LogP contribution in [0.15, 0.2) is 6.20 Å². The van der Waals surface area contributed by atoms with Crippen molar-refractivity contribution in [3.05, 3.63) is 17.5 Å². The molecular weight excluding hydrogens is 320 g/mol. The van der Waals surface area contributed by atoms with Gasteiger partial charge >= 0.3 is 0 Å². The number of hydrogen-bond donors (Lipinski definition) is 0. The number of aromatic nitrogens is 2. The fraction of sp³-hybridized carbons (Fsp3) is 0.722. The lowest BCUT2D eigenvalue weighted by Crippen LogP contribution is -2.52. The van der Waals surface area contributed by atoms with E-state index in [4.69, 9.17) is 4.74 Å². The molecule has 0 aromatic carbocycles. The number of carbonyl (C=O) groups excluding carboxylic acids is 2. The fourth-order valence-corrected chi connectivity index (χ4v) is 3.45. The number of piperidine rings is 1. The molecule has 1 saturated heterocycles. The van der Waals surface area contributed by atoms with Crippen molar-refractivity contribution < 1.29 is 14.3 Å². The Balaban J connectivity index is 2.04. The van der Waals surface area contributed by atoms with E-state index in [0.29, 0.717) is 32.5 Å². The van der Waals surface area contributed by atoms with Crippen LogP contribution in [0, 0.1) is 12.8 Å². The number of rotatable bonds is 7. The van der Waals surface area contributed by atoms with E-state index in [0.717, 1.165) is 17.8 Å². The molecule has 0 saturated carbocycles. The molecule has 0 radical (unpaired) electrons. The van der Waals surface area contributed by atoms with Crippen molar-refractivity contribution in [1.82, 2.24) is 19.6 Å². The van der Waals surface area contributed by atoms with Gasteiger partial charge in [-0.25, -0.2) is 0 Å². The number of likely N-dealkylation sites (tertiary alicyclic amines) is 1. The van der Waals surface area contributed by atoms with Crippen LogP contribution in [0.3, 0.4) is 0 Å². The Morgan fingerprint density at radius 2 is 2.20 bits per heavy atom. The molecule has 7 nitrogen and oxygen atoms in total. The Morgan fingerprint density at radius 1 is 1.48 bits per heavy atom. The van der Waals surface area contributed by atoms with E-state index < -0.39 is 0 Å². The predicted octanol–water partition coefficient (Wildman–Crippen LogP) is 1.44. The Hall–Kier alpha value is -1.89. The van der Waals surface area contributed by atoms with Gasteiger partial charge in [-0.1, -0.05) is 0 Å². The molecule has 7 heteroatoms. The maximum atomic E-state index is 13.0. The summed E-state index contributed by atoms with van der Waals surface area (Å²) < 4.78 is 6.98. The molecule has 1 fully saturated rings. The Labute approximate surface area is 149 Å². The van der Waals surface area contributed by atoms with E-state index in [1.165, 1.54) is 0 Å². The van der Waals surface area contributed by atoms with Gasteiger partial charge in [0.25, 0.3) is 0 Å². The predicted molar refractivity (Wildman–Crippen MR) is 94.9 cm³/mol. The summed E-state index contributed by atoms with van der Waals surface area (Å²) in [6, 6.07) is -0.106. The number of amides is 2. The van der Waals surface area contributed by atoms with Crippen LogP contribution >= 0.6 is 0 Å². The maximum Gasteiger partial charge on any atom is 0.227 e. The lowest BCUT2D eigenvalue weighted by molar-refractivity contribution is -0.147. The molecule has 2 amide bonds. The van der Waals surface area contributed by atoms with Gasteiger partial charge in [0, 0.05) is 58.0 Å². The summed E-state index contributed by atoms with van der Waals surface area (Å²) in [5.41, 5.74) is 2.02. The molecule has 2 rings (SSSR count). The van der Waals surface area contributed by atoms with Crippen LogP contribution in [0.5, 0.6) is 0 Å². The van der Waals surface area contributed by atoms with Gasteiger partial charge in [0.15, 0.2) is 0 Å². The van der Waals surface area contributed by atoms with E-state index in [1.54, 1.807) is 16.9 Å². The summed E-state index contributed by atoms with van der Waals surface area (Å²) in [5, 5.41) is 4.44. The largest absolute Gasteiger partial charge is 0.383 e. The molecule has 1 aromatic heterocycles. The lowest BCUT2D eigenvalue weighted by atomic mass is 9.88. The third kappa shape index (κ3) is 4.39. The van der Waals surface area contributed by atoms with Gasteiger partial charge in [0.05, 0.1) is 18.2 Å². The van der Waals surface area contributed by atoms with Gasteiger partial charge < -0.3 is 14.5 Å². The highest BCUT2D eigenvalue weighted by Gasteiger charge is 2.37. The summed E-state index contributed by atoms with van der Waals surface area (Å²) in [5.74, 6) is 0.0310. The molecule has 0 bridgehead atoms. The van der Waals surface area contributed by atoms with Crippen molar-refractivity contribution in [2.45, 2.75) is 52.7 Å². The summed E-state index contributed by atoms with van der Waals surface area (Å²) in [6.45, 7) is 8.35. The molecule has 2 atom stereocenters. The number of carbonyl (C=O) groups is 2. The Kier molecular flexibility index (Phi) is 6.58. The number of aryl methyl sites for hydroxylation is 2. The lowest BCUT2D eigenvalue weighted by Gasteiger charge is -2.39. The minimum Gasteiger partial charge on any atom is -0.383 e. The number of nitrogens with zero attached hydrogens (tertiary/aromatic N) is 4. The monoisotopic (exact) mass is 350 g/mol. The van der Waals surface area contributed by atoms with Crippen molar-refractivity contribution in [2.24, 2.45) is 5.92 Å². The first kappa shape index (κ1) is 19.4. The molecule has 0 unspecified atom stereocenters. The van der Waals surface area contributed by atoms with Crippen LogP contribution in [-0.4, -0.2) is 64.7 Å². The quantitative estimate of drug-likeness (QED) is 0.746. The summed E-state index contributed by atoms with van der Waals surface area (Å²) in [4.78, 5) is 28.7. The van der Waals surface area contributed by atoms with Crippen molar-refractivity contribution in [1.29, 1.82) is 0 Å². The second kappa shape index (κ2) is 8.47. The van der Waals surface area contributed by atoms with E-state index >= 15 is 0 Å². The van der Waals surface area contributed by atoms with Crippen LogP contribution < -0.4 is 0 Å². The van der Waals surface area contributed by atoms with Crippen LogP contribution in [0.2, 0.25) is 0 Å². The highest BCUT2D eigenvalue weighted by molar-refractivity contribution is 5.84. The van der Waals surface area contributed by atoms with Gasteiger partial charge in [0.1, 0.15) is 0 Å². The summed E-state index contributed by atoms with van der Waals surface area (Å²) in [7, 11) is 3.45. The highest BCUT2D eigenvalue weighted by atomic mass is 16.5. The number of hydrogen-bond acceptors (Lipinski definition) is 4. The molecular formula is C18H30N4O3. The van der Waals surface area contributed by atoms with E-state index in [1.807, 2.05) is 38.7 Å². The second-order valence-corrected chi connectivity index (χ2v) is 6.76. The molecule has 0 aliphatic carbocycles. The fourth-order valence-electron chi connectivity index (χ4n) is 3.45. The molecule has 1 aliphatic heterocycles. The van der Waals surface area contributed by atoms with Crippen LogP contribution in [0.25, 0.3) is 0 Å². The molecule has 1 aromatic rings. The van der Waals surface area contributed by atoms with Gasteiger partial charge in [-0.15, -0.1) is 0 Å². The molecule has 2 heterocycles. The van der Waals surface area contributed by atoms with Gasteiger partial charge in [-0.2, -0.15) is 5.10 Å². The Morgan fingerprint density at radius 3 is 2.80 bits per heavy atom. The normalized spacial score (nSPS) is 20.8. The van der Waals surface area contributed by atoms with Crippen molar-refractivity contribution in [2.75, 3.05) is 27.3 Å². The van der Waals surface area contributed by atoms with E-state index in [9.17, 15) is 9.59 Å². The van der Waals surface area contributed by atoms with Crippen molar-refractivity contribution >= 4 is 11.8 Å². The molecule has 0 N–H and O–H groups in total. The van der Waals surface area contributed by atoms with E-state index in [-0.39, 0.29) is 23.8 Å². The van der Waals surface area contributed by atoms with Crippen LogP contribution in [0.1, 0.15) is 37.9 Å². The Bertz CT molecular complexity index is 613. The average molecular weight is 350 g/mol. The minimum absolute atomic E-state index is 0.0889. The van der Waals surface area contributed by atoms with Gasteiger partial charge in [-0.05, 0) is 27.2 Å². The first-order valence-electron chi connectivity index (χ1n) is 8.95. The zero-order chi connectivity index (χ0) is 18.6. The standard InChI is InChI=1S/C18H30N4O3/c1-6-21-12-15(13(2)19-21)11-20(4)18(24)16-7-8-17(23)22(14(16)3)9-10-25-5/h12,14,16H,6-11H2,1-5H3/t14-,16-/m1/s1. The smallest absolute Gasteiger partial charge is 0.227 e.